The third-order valence-corrected chi connectivity index (χ3v) is 3.70. The van der Waals surface area contributed by atoms with Crippen LogP contribution in [0.3, 0.4) is 0 Å². The molecule has 0 bridgehead atoms. The maximum absolute atomic E-state index is 12.1. The van der Waals surface area contributed by atoms with Crippen molar-refractivity contribution in [2.24, 2.45) is 0 Å². The minimum Gasteiger partial charge on any atom is -0.493 e. The number of para-hydroxylation sites is 1. The summed E-state index contributed by atoms with van der Waals surface area (Å²) < 4.78 is 5.83. The van der Waals surface area contributed by atoms with Crippen molar-refractivity contribution >= 4 is 11.9 Å². The molecule has 1 N–H and O–H groups in total. The Bertz CT molecular complexity index is 647. The van der Waals surface area contributed by atoms with Crippen LogP contribution in [0.1, 0.15) is 41.6 Å². The molecule has 0 unspecified atom stereocenters. The van der Waals surface area contributed by atoms with Crippen LogP contribution in [-0.4, -0.2) is 24.1 Å². The maximum Gasteiger partial charge on any atom is 0.185 e. The molecule has 0 saturated heterocycles. The number of hydrogen-bond donors (Lipinski definition) is 1. The third-order valence-electron chi connectivity index (χ3n) is 3.70. The van der Waals surface area contributed by atoms with Gasteiger partial charge in [-0.2, -0.15) is 0 Å². The van der Waals surface area contributed by atoms with Crippen LogP contribution in [0.4, 0.5) is 0 Å². The van der Waals surface area contributed by atoms with Gasteiger partial charge in [-0.3, -0.25) is 4.79 Å². The SMILES string of the molecule is O=C(C=Cc1ccccc1OCCCCCCO)c1ccccc1. The van der Waals surface area contributed by atoms with Crippen LogP contribution in [0.25, 0.3) is 6.08 Å². The van der Waals surface area contributed by atoms with Crippen molar-refractivity contribution in [3.05, 3.63) is 71.8 Å². The van der Waals surface area contributed by atoms with E-state index in [2.05, 4.69) is 0 Å². The largest absolute Gasteiger partial charge is 0.493 e. The third kappa shape index (κ3) is 6.01. The van der Waals surface area contributed by atoms with Gasteiger partial charge in [0.1, 0.15) is 5.75 Å². The Morgan fingerprint density at radius 3 is 2.42 bits per heavy atom. The quantitative estimate of drug-likeness (QED) is 0.397. The summed E-state index contributed by atoms with van der Waals surface area (Å²) in [6.07, 6.45) is 7.26. The van der Waals surface area contributed by atoms with Crippen molar-refractivity contribution in [2.45, 2.75) is 25.7 Å². The summed E-state index contributed by atoms with van der Waals surface area (Å²) >= 11 is 0. The van der Waals surface area contributed by atoms with E-state index >= 15 is 0 Å². The van der Waals surface area contributed by atoms with E-state index in [1.54, 1.807) is 12.2 Å². The highest BCUT2D eigenvalue weighted by Gasteiger charge is 2.03. The minimum absolute atomic E-state index is 0.0191. The molecule has 3 nitrogen and oxygen atoms in total. The molecule has 0 aliphatic carbocycles. The standard InChI is InChI=1S/C21H24O3/c22-16-8-1-2-9-17-24-21-13-7-6-12-19(21)14-15-20(23)18-10-4-3-5-11-18/h3-7,10-15,22H,1-2,8-9,16-17H2. The summed E-state index contributed by atoms with van der Waals surface area (Å²) in [6.45, 7) is 0.896. The lowest BCUT2D eigenvalue weighted by Gasteiger charge is -2.09. The van der Waals surface area contributed by atoms with Crippen LogP contribution in [-0.2, 0) is 0 Å². The number of benzene rings is 2. The number of ketones is 1. The van der Waals surface area contributed by atoms with Crippen molar-refractivity contribution < 1.29 is 14.6 Å². The van der Waals surface area contributed by atoms with E-state index in [1.165, 1.54) is 0 Å². The second kappa shape index (κ2) is 10.4. The van der Waals surface area contributed by atoms with Gasteiger partial charge in [0.2, 0.25) is 0 Å². The van der Waals surface area contributed by atoms with Gasteiger partial charge < -0.3 is 9.84 Å². The summed E-state index contributed by atoms with van der Waals surface area (Å²) in [7, 11) is 0. The van der Waals surface area contributed by atoms with Crippen molar-refractivity contribution in [1.82, 2.24) is 0 Å². The number of carbonyl (C=O) groups excluding carboxylic acids is 1. The van der Waals surface area contributed by atoms with Crippen LogP contribution in [0, 0.1) is 0 Å². The monoisotopic (exact) mass is 324 g/mol. The highest BCUT2D eigenvalue weighted by atomic mass is 16.5. The lowest BCUT2D eigenvalue weighted by molar-refractivity contribution is 0.104. The van der Waals surface area contributed by atoms with Gasteiger partial charge in [-0.25, -0.2) is 0 Å². The topological polar surface area (TPSA) is 46.5 Å². The molecule has 2 aromatic carbocycles. The molecule has 0 fully saturated rings. The lowest BCUT2D eigenvalue weighted by atomic mass is 10.1. The Labute approximate surface area is 143 Å². The smallest absolute Gasteiger partial charge is 0.185 e. The van der Waals surface area contributed by atoms with E-state index in [1.807, 2.05) is 54.6 Å². The van der Waals surface area contributed by atoms with Gasteiger partial charge in [-0.15, -0.1) is 0 Å². The highest BCUT2D eigenvalue weighted by molar-refractivity contribution is 6.06. The van der Waals surface area contributed by atoms with Gasteiger partial charge in [-0.05, 0) is 37.5 Å². The number of unbranched alkanes of at least 4 members (excludes halogenated alkanes) is 3. The van der Waals surface area contributed by atoms with Crippen LogP contribution < -0.4 is 4.74 Å². The summed E-state index contributed by atoms with van der Waals surface area (Å²) in [6, 6.07) is 16.9. The van der Waals surface area contributed by atoms with Crippen LogP contribution in [0.15, 0.2) is 60.7 Å². The molecule has 2 rings (SSSR count). The second-order valence-electron chi connectivity index (χ2n) is 5.59. The van der Waals surface area contributed by atoms with Gasteiger partial charge in [0.25, 0.3) is 0 Å². The first-order valence-electron chi connectivity index (χ1n) is 8.41. The predicted molar refractivity (Wildman–Crippen MR) is 97.3 cm³/mol. The van der Waals surface area contributed by atoms with E-state index in [4.69, 9.17) is 9.84 Å². The molecule has 24 heavy (non-hydrogen) atoms. The first-order valence-corrected chi connectivity index (χ1v) is 8.41. The molecule has 3 heteroatoms. The van der Waals surface area contributed by atoms with Crippen molar-refractivity contribution in [1.29, 1.82) is 0 Å². The van der Waals surface area contributed by atoms with Crippen molar-refractivity contribution in [2.75, 3.05) is 13.2 Å². The normalized spacial score (nSPS) is 10.9. The number of rotatable bonds is 10. The lowest BCUT2D eigenvalue weighted by Crippen LogP contribution is -1.99. The molecular formula is C21H24O3. The Morgan fingerprint density at radius 2 is 1.62 bits per heavy atom. The zero-order chi connectivity index (χ0) is 17.0. The molecule has 0 amide bonds. The number of aliphatic hydroxyl groups excluding tert-OH is 1. The first-order chi connectivity index (χ1) is 11.8. The number of allylic oxidation sites excluding steroid dienone is 1. The van der Waals surface area contributed by atoms with Crippen LogP contribution in [0.5, 0.6) is 5.75 Å². The maximum atomic E-state index is 12.1. The van der Waals surface area contributed by atoms with Crippen molar-refractivity contribution in [3.63, 3.8) is 0 Å². The summed E-state index contributed by atoms with van der Waals surface area (Å²) in [5.41, 5.74) is 1.58. The molecule has 0 aromatic heterocycles. The van der Waals surface area contributed by atoms with Crippen LogP contribution >= 0.6 is 0 Å². The van der Waals surface area contributed by atoms with E-state index in [9.17, 15) is 4.79 Å². The molecule has 2 aromatic rings. The second-order valence-corrected chi connectivity index (χ2v) is 5.59. The number of ether oxygens (including phenoxy) is 1. The fraction of sp³-hybridized carbons (Fsp3) is 0.286. The number of aliphatic hydroxyl groups is 1. The summed E-state index contributed by atoms with van der Waals surface area (Å²) in [4.78, 5) is 12.1. The van der Waals surface area contributed by atoms with Crippen molar-refractivity contribution in [3.8, 4) is 5.75 Å². The van der Waals surface area contributed by atoms with Gasteiger partial charge in [0.15, 0.2) is 5.78 Å². The molecule has 0 heterocycles. The van der Waals surface area contributed by atoms with Gasteiger partial charge >= 0.3 is 0 Å². The zero-order valence-corrected chi connectivity index (χ0v) is 13.9. The molecule has 0 radical (unpaired) electrons. The summed E-state index contributed by atoms with van der Waals surface area (Å²) in [5, 5.41) is 8.76. The molecule has 0 atom stereocenters. The Kier molecular flexibility index (Phi) is 7.78. The van der Waals surface area contributed by atoms with Gasteiger partial charge in [0, 0.05) is 17.7 Å². The molecule has 0 aliphatic heterocycles. The predicted octanol–water partition coefficient (Wildman–Crippen LogP) is 4.51. The minimum atomic E-state index is -0.0191. The van der Waals surface area contributed by atoms with Gasteiger partial charge in [0.05, 0.1) is 6.61 Å². The molecule has 0 spiro atoms. The average Bonchev–Trinajstić information content (AvgIpc) is 2.64. The fourth-order valence-electron chi connectivity index (χ4n) is 2.36. The van der Waals surface area contributed by atoms with E-state index in [0.717, 1.165) is 37.0 Å². The molecule has 0 aliphatic rings. The Hall–Kier alpha value is -2.39. The number of hydrogen-bond acceptors (Lipinski definition) is 3. The van der Waals surface area contributed by atoms with E-state index < -0.39 is 0 Å². The zero-order valence-electron chi connectivity index (χ0n) is 13.9. The van der Waals surface area contributed by atoms with E-state index in [0.29, 0.717) is 12.2 Å². The molecular weight excluding hydrogens is 300 g/mol. The highest BCUT2D eigenvalue weighted by Crippen LogP contribution is 2.20. The molecule has 0 saturated carbocycles. The first kappa shape index (κ1) is 18.0. The Morgan fingerprint density at radius 1 is 0.917 bits per heavy atom. The molecule has 126 valence electrons. The van der Waals surface area contributed by atoms with Gasteiger partial charge in [-0.1, -0.05) is 55.0 Å². The van der Waals surface area contributed by atoms with E-state index in [-0.39, 0.29) is 12.4 Å². The fourth-order valence-corrected chi connectivity index (χ4v) is 2.36. The number of carbonyl (C=O) groups is 1. The average molecular weight is 324 g/mol. The summed E-state index contributed by atoms with van der Waals surface area (Å²) in [5.74, 6) is 0.770. The Balaban J connectivity index is 1.91. The van der Waals surface area contributed by atoms with Crippen LogP contribution in [0.2, 0.25) is 0 Å².